The van der Waals surface area contributed by atoms with Crippen LogP contribution in [-0.4, -0.2) is 44.0 Å². The fraction of sp³-hybridized carbons (Fsp3) is 0.381. The largest absolute Gasteiger partial charge is 0.311 e. The highest BCUT2D eigenvalue weighted by Crippen LogP contribution is 2.33. The lowest BCUT2D eigenvalue weighted by Gasteiger charge is -2.26. The average Bonchev–Trinajstić information content (AvgIpc) is 3.17. The Hall–Kier alpha value is -1.90. The van der Waals surface area contributed by atoms with E-state index < -0.39 is 10.0 Å². The smallest absolute Gasteiger partial charge is 0.243 e. The Morgan fingerprint density at radius 1 is 1.03 bits per heavy atom. The van der Waals surface area contributed by atoms with E-state index in [0.29, 0.717) is 35.8 Å². The van der Waals surface area contributed by atoms with Crippen LogP contribution in [0.2, 0.25) is 0 Å². The fourth-order valence-corrected chi connectivity index (χ4v) is 6.21. The monoisotopic (exact) mass is 434 g/mol. The van der Waals surface area contributed by atoms with Crippen molar-refractivity contribution in [3.8, 4) is 0 Å². The zero-order chi connectivity index (χ0) is 20.4. The number of benzene rings is 2. The van der Waals surface area contributed by atoms with Gasteiger partial charge in [-0.2, -0.15) is 4.31 Å². The van der Waals surface area contributed by atoms with Crippen molar-refractivity contribution in [2.75, 3.05) is 30.3 Å². The van der Waals surface area contributed by atoms with Gasteiger partial charge in [0.15, 0.2) is 0 Å². The number of thioether (sulfide) groups is 1. The number of hydrogen-bond donors (Lipinski definition) is 0. The maximum atomic E-state index is 13.8. The number of anilines is 1. The van der Waals surface area contributed by atoms with Crippen LogP contribution in [0.5, 0.6) is 0 Å². The van der Waals surface area contributed by atoms with Gasteiger partial charge < -0.3 is 4.90 Å². The number of halogens is 1. The molecule has 0 radical (unpaired) electrons. The molecule has 1 amide bonds. The summed E-state index contributed by atoms with van der Waals surface area (Å²) in [6.07, 6.45) is 3.48. The number of fused-ring (bicyclic) bond motifs is 1. The van der Waals surface area contributed by atoms with Gasteiger partial charge in [0, 0.05) is 30.2 Å². The summed E-state index contributed by atoms with van der Waals surface area (Å²) >= 11 is 1.17. The molecule has 0 unspecified atom stereocenters. The Balaban J connectivity index is 1.48. The second-order valence-electron chi connectivity index (χ2n) is 7.27. The van der Waals surface area contributed by atoms with Crippen LogP contribution in [0, 0.1) is 5.82 Å². The summed E-state index contributed by atoms with van der Waals surface area (Å²) in [4.78, 5) is 15.1. The van der Waals surface area contributed by atoms with Gasteiger partial charge in [-0.05, 0) is 55.2 Å². The van der Waals surface area contributed by atoms with Gasteiger partial charge in [-0.15, -0.1) is 11.8 Å². The third-order valence-corrected chi connectivity index (χ3v) is 8.32. The summed E-state index contributed by atoms with van der Waals surface area (Å²) < 4.78 is 41.1. The standard InChI is InChI=1S/C21H23FN2O3S2/c22-18-6-2-3-7-20(18)28-15-21(25)24-13-10-16-14-17(8-9-19(16)24)29(26,27)23-11-4-1-5-12-23/h2-3,6-9,14H,1,4-5,10-13,15H2. The first-order valence-corrected chi connectivity index (χ1v) is 12.2. The van der Waals surface area contributed by atoms with E-state index >= 15 is 0 Å². The van der Waals surface area contributed by atoms with Crippen LogP contribution in [-0.2, 0) is 21.2 Å². The Morgan fingerprint density at radius 2 is 1.79 bits per heavy atom. The molecule has 0 spiro atoms. The van der Waals surface area contributed by atoms with Crippen LogP contribution in [0.15, 0.2) is 52.3 Å². The Kier molecular flexibility index (Phi) is 5.94. The molecule has 29 heavy (non-hydrogen) atoms. The molecule has 0 N–H and O–H groups in total. The first-order valence-electron chi connectivity index (χ1n) is 9.77. The second-order valence-corrected chi connectivity index (χ2v) is 10.2. The van der Waals surface area contributed by atoms with E-state index in [1.165, 1.54) is 17.8 Å². The van der Waals surface area contributed by atoms with Crippen molar-refractivity contribution in [3.05, 3.63) is 53.8 Å². The molecule has 154 valence electrons. The van der Waals surface area contributed by atoms with Crippen molar-refractivity contribution < 1.29 is 17.6 Å². The van der Waals surface area contributed by atoms with Crippen LogP contribution in [0.25, 0.3) is 0 Å². The normalized spacial score (nSPS) is 17.3. The van der Waals surface area contributed by atoms with E-state index in [-0.39, 0.29) is 17.5 Å². The van der Waals surface area contributed by atoms with E-state index in [2.05, 4.69) is 0 Å². The number of piperidine rings is 1. The van der Waals surface area contributed by atoms with E-state index in [0.717, 1.165) is 30.5 Å². The van der Waals surface area contributed by atoms with Crippen molar-refractivity contribution in [3.63, 3.8) is 0 Å². The predicted molar refractivity (Wildman–Crippen MR) is 112 cm³/mol. The third-order valence-electron chi connectivity index (χ3n) is 5.39. The number of carbonyl (C=O) groups is 1. The molecule has 5 nitrogen and oxygen atoms in total. The first-order chi connectivity index (χ1) is 14.0. The molecule has 2 aromatic rings. The molecule has 2 aliphatic rings. The maximum Gasteiger partial charge on any atom is 0.243 e. The maximum absolute atomic E-state index is 13.8. The lowest BCUT2D eigenvalue weighted by atomic mass is 10.2. The van der Waals surface area contributed by atoms with Crippen LogP contribution < -0.4 is 4.90 Å². The Bertz CT molecular complexity index is 1020. The topological polar surface area (TPSA) is 57.7 Å². The van der Waals surface area contributed by atoms with E-state index in [9.17, 15) is 17.6 Å². The lowest BCUT2D eigenvalue weighted by Crippen LogP contribution is -2.35. The summed E-state index contributed by atoms with van der Waals surface area (Å²) in [6, 6.07) is 11.4. The first kappa shape index (κ1) is 20.4. The SMILES string of the molecule is O=C(CSc1ccccc1F)N1CCc2cc(S(=O)(=O)N3CCCCC3)ccc21. The van der Waals surface area contributed by atoms with Crippen LogP contribution in [0.3, 0.4) is 0 Å². The van der Waals surface area contributed by atoms with Gasteiger partial charge in [0.05, 0.1) is 10.6 Å². The number of nitrogens with zero attached hydrogens (tertiary/aromatic N) is 2. The number of amides is 1. The van der Waals surface area contributed by atoms with E-state index in [4.69, 9.17) is 0 Å². The molecule has 0 bridgehead atoms. The molecule has 2 aliphatic heterocycles. The highest BCUT2D eigenvalue weighted by Gasteiger charge is 2.30. The second kappa shape index (κ2) is 8.45. The van der Waals surface area contributed by atoms with Crippen LogP contribution >= 0.6 is 11.8 Å². The third kappa shape index (κ3) is 4.20. The fourth-order valence-electron chi connectivity index (χ4n) is 3.83. The van der Waals surface area contributed by atoms with Crippen molar-refractivity contribution in [2.24, 2.45) is 0 Å². The summed E-state index contributed by atoms with van der Waals surface area (Å²) in [6.45, 7) is 1.65. The predicted octanol–water partition coefficient (Wildman–Crippen LogP) is 3.68. The summed E-state index contributed by atoms with van der Waals surface area (Å²) in [7, 11) is -3.49. The van der Waals surface area contributed by atoms with Crippen molar-refractivity contribution in [1.82, 2.24) is 4.31 Å². The molecule has 2 heterocycles. The minimum absolute atomic E-state index is 0.108. The highest BCUT2D eigenvalue weighted by atomic mass is 32.2. The van der Waals surface area contributed by atoms with Gasteiger partial charge in [0.2, 0.25) is 15.9 Å². The molecule has 8 heteroatoms. The van der Waals surface area contributed by atoms with Gasteiger partial charge in [-0.25, -0.2) is 12.8 Å². The minimum Gasteiger partial charge on any atom is -0.311 e. The van der Waals surface area contributed by atoms with Gasteiger partial charge in [-0.3, -0.25) is 4.79 Å². The van der Waals surface area contributed by atoms with Crippen LogP contribution in [0.1, 0.15) is 24.8 Å². The molecule has 1 fully saturated rings. The van der Waals surface area contributed by atoms with Crippen molar-refractivity contribution in [2.45, 2.75) is 35.5 Å². The van der Waals surface area contributed by atoms with Gasteiger partial charge in [0.1, 0.15) is 5.82 Å². The van der Waals surface area contributed by atoms with Gasteiger partial charge in [-0.1, -0.05) is 18.6 Å². The molecule has 1 saturated heterocycles. The molecular formula is C21H23FN2O3S2. The Labute approximate surface area is 174 Å². The average molecular weight is 435 g/mol. The van der Waals surface area contributed by atoms with Gasteiger partial charge in [0.25, 0.3) is 0 Å². The minimum atomic E-state index is -3.49. The summed E-state index contributed by atoms with van der Waals surface area (Å²) in [5.41, 5.74) is 1.62. The molecule has 2 aromatic carbocycles. The summed E-state index contributed by atoms with van der Waals surface area (Å²) in [5, 5.41) is 0. The van der Waals surface area contributed by atoms with Crippen molar-refractivity contribution >= 4 is 33.4 Å². The molecule has 4 rings (SSSR count). The number of carbonyl (C=O) groups excluding carboxylic acids is 1. The number of hydrogen-bond acceptors (Lipinski definition) is 4. The highest BCUT2D eigenvalue weighted by molar-refractivity contribution is 8.00. The number of sulfonamides is 1. The van der Waals surface area contributed by atoms with Crippen molar-refractivity contribution in [1.29, 1.82) is 0 Å². The molecular weight excluding hydrogens is 411 g/mol. The quantitative estimate of drug-likeness (QED) is 0.674. The summed E-state index contributed by atoms with van der Waals surface area (Å²) in [5.74, 6) is -0.308. The zero-order valence-corrected chi connectivity index (χ0v) is 17.6. The number of rotatable bonds is 5. The van der Waals surface area contributed by atoms with Crippen LogP contribution in [0.4, 0.5) is 10.1 Å². The molecule has 0 atom stereocenters. The molecule has 0 saturated carbocycles. The lowest BCUT2D eigenvalue weighted by molar-refractivity contribution is -0.116. The molecule has 0 aromatic heterocycles. The Morgan fingerprint density at radius 3 is 2.55 bits per heavy atom. The van der Waals surface area contributed by atoms with E-state index in [1.807, 2.05) is 0 Å². The van der Waals surface area contributed by atoms with Gasteiger partial charge >= 0.3 is 0 Å². The zero-order valence-electron chi connectivity index (χ0n) is 16.0. The van der Waals surface area contributed by atoms with E-state index in [1.54, 1.807) is 45.6 Å². The molecule has 0 aliphatic carbocycles.